The van der Waals surface area contributed by atoms with Crippen molar-refractivity contribution in [2.45, 2.75) is 16.7 Å². The topological polar surface area (TPSA) is 126 Å². The molecule has 0 saturated carbocycles. The number of carbonyl (C=O) groups is 1. The third-order valence-corrected chi connectivity index (χ3v) is 4.13. The van der Waals surface area contributed by atoms with Gasteiger partial charge >= 0.3 is 0 Å². The van der Waals surface area contributed by atoms with Crippen LogP contribution < -0.4 is 0 Å². The molecule has 0 unspecified atom stereocenters. The van der Waals surface area contributed by atoms with Crippen LogP contribution in [0.3, 0.4) is 0 Å². The van der Waals surface area contributed by atoms with Crippen LogP contribution in [0.4, 0.5) is 0 Å². The zero-order valence-corrected chi connectivity index (χ0v) is 11.3. The second-order valence-electron chi connectivity index (χ2n) is 3.69. The number of allylic oxidation sites excluding steroid dienone is 1. The van der Waals surface area contributed by atoms with E-state index in [4.69, 9.17) is 9.11 Å². The van der Waals surface area contributed by atoms with Crippen molar-refractivity contribution < 1.29 is 30.7 Å². The molecular weight excluding hydrogens is 296 g/mol. The molecule has 0 bridgehead atoms. The van der Waals surface area contributed by atoms with Crippen molar-refractivity contribution in [3.8, 4) is 0 Å². The quantitative estimate of drug-likeness (QED) is 0.481. The molecule has 19 heavy (non-hydrogen) atoms. The lowest BCUT2D eigenvalue weighted by Gasteiger charge is -2.09. The molecule has 0 atom stereocenters. The summed E-state index contributed by atoms with van der Waals surface area (Å²) in [5.74, 6) is -0.863. The predicted molar refractivity (Wildman–Crippen MR) is 65.2 cm³/mol. The molecule has 0 aromatic heterocycles. The molecule has 0 saturated heterocycles. The SMILES string of the molecule is C=C(C)C(=O)c1cccc(S(=O)(=O)O)c1S(=O)(=O)O. The standard InChI is InChI=1S/C10H10O7S2/c1-6(2)9(11)7-4-3-5-8(18(12,13)14)10(7)19(15,16)17/h3-5H,1H2,2H3,(H,12,13,14)(H,15,16,17). The summed E-state index contributed by atoms with van der Waals surface area (Å²) in [7, 11) is -9.95. The number of Topliss-reactive ketones (excluding diaryl/α,β-unsaturated/α-hetero) is 1. The Bertz CT molecular complexity index is 757. The van der Waals surface area contributed by atoms with Crippen molar-refractivity contribution in [3.05, 3.63) is 35.9 Å². The van der Waals surface area contributed by atoms with Crippen molar-refractivity contribution in [1.82, 2.24) is 0 Å². The van der Waals surface area contributed by atoms with E-state index in [1.165, 1.54) is 6.92 Å². The highest BCUT2D eigenvalue weighted by molar-refractivity contribution is 7.89. The van der Waals surface area contributed by atoms with Crippen LogP contribution in [0.15, 0.2) is 40.1 Å². The van der Waals surface area contributed by atoms with Crippen molar-refractivity contribution in [2.24, 2.45) is 0 Å². The van der Waals surface area contributed by atoms with E-state index < -0.39 is 41.4 Å². The molecule has 9 heteroatoms. The Morgan fingerprint density at radius 2 is 1.63 bits per heavy atom. The number of hydrogen-bond acceptors (Lipinski definition) is 5. The van der Waals surface area contributed by atoms with Gasteiger partial charge in [-0.1, -0.05) is 12.6 Å². The third kappa shape index (κ3) is 3.26. The van der Waals surface area contributed by atoms with Gasteiger partial charge in [-0.05, 0) is 24.6 Å². The monoisotopic (exact) mass is 306 g/mol. The smallest absolute Gasteiger partial charge is 0.289 e. The summed E-state index contributed by atoms with van der Waals surface area (Å²) >= 11 is 0. The van der Waals surface area contributed by atoms with Crippen LogP contribution in [-0.2, 0) is 20.2 Å². The fraction of sp³-hybridized carbons (Fsp3) is 0.100. The van der Waals surface area contributed by atoms with E-state index in [9.17, 15) is 21.6 Å². The molecule has 0 radical (unpaired) electrons. The molecule has 1 aromatic rings. The van der Waals surface area contributed by atoms with Gasteiger partial charge in [0, 0.05) is 5.56 Å². The van der Waals surface area contributed by atoms with Gasteiger partial charge in [-0.3, -0.25) is 13.9 Å². The average Bonchev–Trinajstić information content (AvgIpc) is 2.24. The van der Waals surface area contributed by atoms with Crippen molar-refractivity contribution in [2.75, 3.05) is 0 Å². The molecule has 0 aliphatic carbocycles. The second-order valence-corrected chi connectivity index (χ2v) is 6.44. The van der Waals surface area contributed by atoms with Crippen LogP contribution in [0, 0.1) is 0 Å². The van der Waals surface area contributed by atoms with Gasteiger partial charge in [0.05, 0.1) is 0 Å². The van der Waals surface area contributed by atoms with Gasteiger partial charge in [-0.2, -0.15) is 16.8 Å². The number of ketones is 1. The maximum absolute atomic E-state index is 11.7. The first-order valence-corrected chi connectivity index (χ1v) is 7.62. The summed E-state index contributed by atoms with van der Waals surface area (Å²) < 4.78 is 62.7. The minimum absolute atomic E-state index is 0.0580. The van der Waals surface area contributed by atoms with E-state index in [1.54, 1.807) is 0 Å². The number of carbonyl (C=O) groups excluding carboxylic acids is 1. The number of hydrogen-bond donors (Lipinski definition) is 2. The Morgan fingerprint density at radius 3 is 2.00 bits per heavy atom. The zero-order chi connectivity index (χ0) is 15.0. The van der Waals surface area contributed by atoms with Crippen LogP contribution in [0.25, 0.3) is 0 Å². The Hall–Kier alpha value is -1.55. The Morgan fingerprint density at radius 1 is 1.11 bits per heavy atom. The highest BCUT2D eigenvalue weighted by Crippen LogP contribution is 2.26. The predicted octanol–water partition coefficient (Wildman–Crippen LogP) is 0.939. The van der Waals surface area contributed by atoms with Gasteiger partial charge in [0.15, 0.2) is 5.78 Å². The fourth-order valence-electron chi connectivity index (χ4n) is 1.39. The Kier molecular flexibility index (Phi) is 3.96. The molecule has 1 rings (SSSR count). The van der Waals surface area contributed by atoms with Crippen molar-refractivity contribution in [3.63, 3.8) is 0 Å². The van der Waals surface area contributed by atoms with E-state index in [0.29, 0.717) is 0 Å². The van der Waals surface area contributed by atoms with Crippen molar-refractivity contribution in [1.29, 1.82) is 0 Å². The maximum Gasteiger partial charge on any atom is 0.296 e. The lowest BCUT2D eigenvalue weighted by Crippen LogP contribution is -2.14. The molecular formula is C10H10O7S2. The first kappa shape index (κ1) is 15.5. The number of rotatable bonds is 4. The molecule has 2 N–H and O–H groups in total. The molecule has 1 aromatic carbocycles. The minimum Gasteiger partial charge on any atom is -0.289 e. The van der Waals surface area contributed by atoms with Gasteiger partial charge in [0.25, 0.3) is 20.2 Å². The minimum atomic E-state index is -5.03. The summed E-state index contributed by atoms with van der Waals surface area (Å²) in [4.78, 5) is 9.51. The van der Waals surface area contributed by atoms with Crippen LogP contribution in [0.2, 0.25) is 0 Å². The zero-order valence-electron chi connectivity index (χ0n) is 9.69. The van der Waals surface area contributed by atoms with E-state index in [2.05, 4.69) is 6.58 Å². The molecule has 0 amide bonds. The van der Waals surface area contributed by atoms with Gasteiger partial charge < -0.3 is 0 Å². The van der Waals surface area contributed by atoms with Gasteiger partial charge in [0.2, 0.25) is 0 Å². The average molecular weight is 306 g/mol. The van der Waals surface area contributed by atoms with Crippen molar-refractivity contribution >= 4 is 26.0 Å². The largest absolute Gasteiger partial charge is 0.296 e. The van der Waals surface area contributed by atoms with E-state index in [-0.39, 0.29) is 5.57 Å². The van der Waals surface area contributed by atoms with Crippen LogP contribution in [0.1, 0.15) is 17.3 Å². The summed E-state index contributed by atoms with van der Waals surface area (Å²) in [6.07, 6.45) is 0. The molecule has 0 aliphatic heterocycles. The molecule has 7 nitrogen and oxygen atoms in total. The molecule has 0 fully saturated rings. The molecule has 104 valence electrons. The first-order chi connectivity index (χ1) is 8.46. The highest BCUT2D eigenvalue weighted by atomic mass is 32.2. The summed E-state index contributed by atoms with van der Waals surface area (Å²) in [6.45, 7) is 4.60. The number of benzene rings is 1. The second kappa shape index (κ2) is 4.85. The molecule has 0 aliphatic rings. The molecule has 0 heterocycles. The van der Waals surface area contributed by atoms with Crippen LogP contribution in [0.5, 0.6) is 0 Å². The molecule has 0 spiro atoms. The van der Waals surface area contributed by atoms with Crippen LogP contribution in [-0.4, -0.2) is 31.7 Å². The first-order valence-electron chi connectivity index (χ1n) is 4.74. The lowest BCUT2D eigenvalue weighted by atomic mass is 10.1. The van der Waals surface area contributed by atoms with E-state index in [1.807, 2.05) is 0 Å². The normalized spacial score (nSPS) is 12.2. The van der Waals surface area contributed by atoms with Gasteiger partial charge in [-0.15, -0.1) is 0 Å². The van der Waals surface area contributed by atoms with Crippen LogP contribution >= 0.6 is 0 Å². The summed E-state index contributed by atoms with van der Waals surface area (Å²) in [5.41, 5.74) is -0.637. The fourth-order valence-corrected chi connectivity index (χ4v) is 3.38. The highest BCUT2D eigenvalue weighted by Gasteiger charge is 2.29. The lowest BCUT2D eigenvalue weighted by molar-refractivity contribution is 0.103. The Labute approximate surface area is 110 Å². The maximum atomic E-state index is 11.7. The summed E-state index contributed by atoms with van der Waals surface area (Å²) in [5, 5.41) is 0. The summed E-state index contributed by atoms with van der Waals surface area (Å²) in [6, 6.07) is 2.83. The van der Waals surface area contributed by atoms with Gasteiger partial charge in [-0.25, -0.2) is 0 Å². The third-order valence-electron chi connectivity index (χ3n) is 2.15. The van der Waals surface area contributed by atoms with E-state index in [0.717, 1.165) is 18.2 Å². The Balaban J connectivity index is 3.89. The van der Waals surface area contributed by atoms with E-state index >= 15 is 0 Å². The van der Waals surface area contributed by atoms with Gasteiger partial charge in [0.1, 0.15) is 9.79 Å².